The smallest absolute Gasteiger partial charge is 0.00682 e. The van der Waals surface area contributed by atoms with E-state index < -0.39 is 0 Å². The van der Waals surface area contributed by atoms with Crippen LogP contribution in [0.25, 0.3) is 0 Å². The molecule has 0 bridgehead atoms. The highest BCUT2D eigenvalue weighted by atomic mass is 14.9. The van der Waals surface area contributed by atoms with Crippen LogP contribution in [0.3, 0.4) is 0 Å². The predicted octanol–water partition coefficient (Wildman–Crippen LogP) is 2.68. The molecule has 0 heterocycles. The first-order valence-corrected chi connectivity index (χ1v) is 5.63. The minimum atomic E-state index is 0.855. The van der Waals surface area contributed by atoms with Gasteiger partial charge in [-0.1, -0.05) is 29.8 Å². The molecule has 1 aliphatic carbocycles. The lowest BCUT2D eigenvalue weighted by Gasteiger charge is -2.03. The van der Waals surface area contributed by atoms with Crippen molar-refractivity contribution < 1.29 is 0 Å². The quantitative estimate of drug-likeness (QED) is 0.702. The standard InChI is InChI=1S/C13H19N/c1-11-4-6-12(7-5-11)3-2-10-14-13-8-9-13/h4-7,13-14H,2-3,8-10H2,1H3. The Morgan fingerprint density at radius 1 is 1.21 bits per heavy atom. The predicted molar refractivity (Wildman–Crippen MR) is 60.5 cm³/mol. The molecule has 1 aromatic rings. The van der Waals surface area contributed by atoms with Crippen LogP contribution in [0.15, 0.2) is 24.3 Å². The van der Waals surface area contributed by atoms with E-state index in [1.807, 2.05) is 0 Å². The Morgan fingerprint density at radius 3 is 2.57 bits per heavy atom. The second kappa shape index (κ2) is 4.61. The third-order valence-corrected chi connectivity index (χ3v) is 2.77. The molecule has 0 atom stereocenters. The Hall–Kier alpha value is -0.820. The summed E-state index contributed by atoms with van der Waals surface area (Å²) in [5.74, 6) is 0. The van der Waals surface area contributed by atoms with Crippen LogP contribution in [0.5, 0.6) is 0 Å². The zero-order valence-electron chi connectivity index (χ0n) is 8.92. The van der Waals surface area contributed by atoms with Crippen LogP contribution < -0.4 is 5.32 Å². The fourth-order valence-electron chi connectivity index (χ4n) is 1.64. The van der Waals surface area contributed by atoms with Gasteiger partial charge in [-0.25, -0.2) is 0 Å². The van der Waals surface area contributed by atoms with Gasteiger partial charge in [0.05, 0.1) is 0 Å². The monoisotopic (exact) mass is 189 g/mol. The first-order valence-electron chi connectivity index (χ1n) is 5.63. The van der Waals surface area contributed by atoms with Gasteiger partial charge in [-0.2, -0.15) is 0 Å². The molecule has 0 radical (unpaired) electrons. The first-order chi connectivity index (χ1) is 6.84. The van der Waals surface area contributed by atoms with E-state index in [1.165, 1.54) is 43.4 Å². The molecule has 0 saturated heterocycles. The third kappa shape index (κ3) is 3.15. The summed E-state index contributed by atoms with van der Waals surface area (Å²) in [7, 11) is 0. The summed E-state index contributed by atoms with van der Waals surface area (Å²) in [6.45, 7) is 3.32. The number of benzene rings is 1. The van der Waals surface area contributed by atoms with Crippen LogP contribution >= 0.6 is 0 Å². The molecule has 1 aliphatic rings. The molecular formula is C13H19N. The average Bonchev–Trinajstić information content (AvgIpc) is 2.99. The maximum Gasteiger partial charge on any atom is 0.00682 e. The number of rotatable bonds is 5. The second-order valence-electron chi connectivity index (χ2n) is 4.32. The third-order valence-electron chi connectivity index (χ3n) is 2.77. The fraction of sp³-hybridized carbons (Fsp3) is 0.538. The van der Waals surface area contributed by atoms with Crippen LogP contribution in [0, 0.1) is 6.92 Å². The van der Waals surface area contributed by atoms with E-state index in [4.69, 9.17) is 0 Å². The van der Waals surface area contributed by atoms with Crippen LogP contribution in [0.4, 0.5) is 0 Å². The minimum Gasteiger partial charge on any atom is -0.314 e. The van der Waals surface area contributed by atoms with Crippen molar-refractivity contribution in [2.75, 3.05) is 6.54 Å². The van der Waals surface area contributed by atoms with Crippen LogP contribution in [-0.2, 0) is 6.42 Å². The van der Waals surface area contributed by atoms with E-state index in [0.717, 1.165) is 6.04 Å². The molecule has 1 N–H and O–H groups in total. The Morgan fingerprint density at radius 2 is 1.93 bits per heavy atom. The molecule has 1 heteroatoms. The molecule has 1 fully saturated rings. The summed E-state index contributed by atoms with van der Waals surface area (Å²) in [5, 5.41) is 3.54. The molecular weight excluding hydrogens is 170 g/mol. The summed E-state index contributed by atoms with van der Waals surface area (Å²) < 4.78 is 0. The number of nitrogens with one attached hydrogen (secondary N) is 1. The van der Waals surface area contributed by atoms with Gasteiger partial charge in [0.25, 0.3) is 0 Å². The average molecular weight is 189 g/mol. The fourth-order valence-corrected chi connectivity index (χ4v) is 1.64. The van der Waals surface area contributed by atoms with Crippen LogP contribution in [0.2, 0.25) is 0 Å². The molecule has 1 nitrogen and oxygen atoms in total. The van der Waals surface area contributed by atoms with Gasteiger partial charge in [-0.3, -0.25) is 0 Å². The SMILES string of the molecule is Cc1ccc(CCCNC2CC2)cc1. The molecule has 0 amide bonds. The van der Waals surface area contributed by atoms with Crippen molar-refractivity contribution in [2.24, 2.45) is 0 Å². The van der Waals surface area contributed by atoms with Crippen molar-refractivity contribution in [2.45, 2.75) is 38.6 Å². The largest absolute Gasteiger partial charge is 0.314 e. The van der Waals surface area contributed by atoms with Crippen molar-refractivity contribution in [1.82, 2.24) is 5.32 Å². The maximum atomic E-state index is 3.54. The first kappa shape index (κ1) is 9.72. The van der Waals surface area contributed by atoms with Crippen LogP contribution in [0.1, 0.15) is 30.4 Å². The molecule has 1 aromatic carbocycles. The minimum absolute atomic E-state index is 0.855. The Labute approximate surface area is 86.5 Å². The lowest BCUT2D eigenvalue weighted by molar-refractivity contribution is 0.645. The van der Waals surface area contributed by atoms with E-state index >= 15 is 0 Å². The summed E-state index contributed by atoms with van der Waals surface area (Å²) >= 11 is 0. The zero-order chi connectivity index (χ0) is 9.80. The molecule has 0 spiro atoms. The lowest BCUT2D eigenvalue weighted by atomic mass is 10.1. The van der Waals surface area contributed by atoms with Gasteiger partial charge in [-0.05, 0) is 44.7 Å². The summed E-state index contributed by atoms with van der Waals surface area (Å²) in [4.78, 5) is 0. The van der Waals surface area contributed by atoms with Crippen molar-refractivity contribution >= 4 is 0 Å². The van der Waals surface area contributed by atoms with Gasteiger partial charge < -0.3 is 5.32 Å². The maximum absolute atomic E-state index is 3.54. The summed E-state index contributed by atoms with van der Waals surface area (Å²) in [5.41, 5.74) is 2.82. The van der Waals surface area contributed by atoms with E-state index in [2.05, 4.69) is 36.5 Å². The van der Waals surface area contributed by atoms with Gasteiger partial charge in [0, 0.05) is 6.04 Å². The number of aryl methyl sites for hydroxylation is 2. The molecule has 0 aliphatic heterocycles. The molecule has 14 heavy (non-hydrogen) atoms. The highest BCUT2D eigenvalue weighted by molar-refractivity contribution is 5.21. The summed E-state index contributed by atoms with van der Waals surface area (Å²) in [6.07, 6.45) is 5.26. The van der Waals surface area contributed by atoms with E-state index in [0.29, 0.717) is 0 Å². The van der Waals surface area contributed by atoms with Gasteiger partial charge in [0.15, 0.2) is 0 Å². The van der Waals surface area contributed by atoms with Crippen LogP contribution in [-0.4, -0.2) is 12.6 Å². The molecule has 0 aromatic heterocycles. The highest BCUT2D eigenvalue weighted by Gasteiger charge is 2.19. The molecule has 76 valence electrons. The van der Waals surface area contributed by atoms with Gasteiger partial charge in [-0.15, -0.1) is 0 Å². The Balaban J connectivity index is 1.66. The van der Waals surface area contributed by atoms with Gasteiger partial charge in [0.2, 0.25) is 0 Å². The van der Waals surface area contributed by atoms with Gasteiger partial charge >= 0.3 is 0 Å². The van der Waals surface area contributed by atoms with Crippen molar-refractivity contribution in [3.63, 3.8) is 0 Å². The van der Waals surface area contributed by atoms with E-state index in [9.17, 15) is 0 Å². The van der Waals surface area contributed by atoms with Crippen molar-refractivity contribution in [1.29, 1.82) is 0 Å². The number of hydrogen-bond acceptors (Lipinski definition) is 1. The zero-order valence-corrected chi connectivity index (χ0v) is 8.92. The van der Waals surface area contributed by atoms with Gasteiger partial charge in [0.1, 0.15) is 0 Å². The summed E-state index contributed by atoms with van der Waals surface area (Å²) in [6, 6.07) is 9.74. The molecule has 0 unspecified atom stereocenters. The second-order valence-corrected chi connectivity index (χ2v) is 4.32. The highest BCUT2D eigenvalue weighted by Crippen LogP contribution is 2.18. The van der Waals surface area contributed by atoms with Crippen molar-refractivity contribution in [3.05, 3.63) is 35.4 Å². The number of hydrogen-bond donors (Lipinski definition) is 1. The Bertz CT molecular complexity index is 272. The molecule has 1 saturated carbocycles. The lowest BCUT2D eigenvalue weighted by Crippen LogP contribution is -2.17. The van der Waals surface area contributed by atoms with E-state index in [-0.39, 0.29) is 0 Å². The van der Waals surface area contributed by atoms with Crippen molar-refractivity contribution in [3.8, 4) is 0 Å². The van der Waals surface area contributed by atoms with E-state index in [1.54, 1.807) is 0 Å². The Kier molecular flexibility index (Phi) is 3.20. The normalized spacial score (nSPS) is 15.8. The molecule has 2 rings (SSSR count). The topological polar surface area (TPSA) is 12.0 Å².